The molecule has 0 saturated carbocycles. The van der Waals surface area contributed by atoms with E-state index in [1.54, 1.807) is 25.3 Å². The van der Waals surface area contributed by atoms with Gasteiger partial charge < -0.3 is 15.4 Å². The molecule has 5 heteroatoms. The molecule has 0 unspecified atom stereocenters. The van der Waals surface area contributed by atoms with Crippen LogP contribution in [0.3, 0.4) is 0 Å². The SMILES string of the molecule is COc1cccc(CCNC(=O)N/C=C/c2ccc(F)cc2)c1. The highest BCUT2D eigenvalue weighted by Crippen LogP contribution is 2.12. The molecule has 23 heavy (non-hydrogen) atoms. The molecule has 0 aliphatic heterocycles. The maximum Gasteiger partial charge on any atom is 0.318 e. The summed E-state index contributed by atoms with van der Waals surface area (Å²) < 4.78 is 17.9. The van der Waals surface area contributed by atoms with Crippen molar-refractivity contribution >= 4 is 12.1 Å². The summed E-state index contributed by atoms with van der Waals surface area (Å²) in [6.45, 7) is 0.517. The van der Waals surface area contributed by atoms with Gasteiger partial charge in [0.15, 0.2) is 0 Å². The molecular weight excluding hydrogens is 295 g/mol. The smallest absolute Gasteiger partial charge is 0.318 e. The molecule has 0 radical (unpaired) electrons. The fourth-order valence-electron chi connectivity index (χ4n) is 1.99. The summed E-state index contributed by atoms with van der Waals surface area (Å²) in [7, 11) is 1.62. The third-order valence-corrected chi connectivity index (χ3v) is 3.19. The molecule has 2 aromatic rings. The summed E-state index contributed by atoms with van der Waals surface area (Å²) in [6, 6.07) is 13.4. The normalized spacial score (nSPS) is 10.5. The van der Waals surface area contributed by atoms with E-state index < -0.39 is 0 Å². The Morgan fingerprint density at radius 1 is 1.22 bits per heavy atom. The van der Waals surface area contributed by atoms with Gasteiger partial charge in [0.05, 0.1) is 7.11 Å². The molecule has 0 heterocycles. The monoisotopic (exact) mass is 314 g/mol. The Hall–Kier alpha value is -2.82. The second-order valence-electron chi connectivity index (χ2n) is 4.89. The molecule has 0 fully saturated rings. The van der Waals surface area contributed by atoms with Crippen molar-refractivity contribution in [3.8, 4) is 5.75 Å². The molecule has 2 amide bonds. The minimum absolute atomic E-state index is 0.286. The lowest BCUT2D eigenvalue weighted by Gasteiger charge is -2.06. The Morgan fingerprint density at radius 2 is 2.00 bits per heavy atom. The average Bonchev–Trinajstić information content (AvgIpc) is 2.57. The van der Waals surface area contributed by atoms with Crippen molar-refractivity contribution in [2.24, 2.45) is 0 Å². The lowest BCUT2D eigenvalue weighted by atomic mass is 10.1. The molecule has 2 rings (SSSR count). The van der Waals surface area contributed by atoms with Crippen molar-refractivity contribution < 1.29 is 13.9 Å². The van der Waals surface area contributed by atoms with Gasteiger partial charge in [-0.05, 0) is 47.9 Å². The standard InChI is InChI=1S/C18H19FN2O2/c1-23-17-4-2-3-15(13-17)10-12-21-18(22)20-11-9-14-5-7-16(19)8-6-14/h2-9,11,13H,10,12H2,1H3,(H2,20,21,22)/b11-9+. The number of ether oxygens (including phenoxy) is 1. The van der Waals surface area contributed by atoms with E-state index in [0.717, 1.165) is 16.9 Å². The minimum atomic E-state index is -0.287. The summed E-state index contributed by atoms with van der Waals surface area (Å²) in [4.78, 5) is 11.6. The molecule has 0 atom stereocenters. The van der Waals surface area contributed by atoms with Gasteiger partial charge in [-0.25, -0.2) is 9.18 Å². The predicted molar refractivity (Wildman–Crippen MR) is 88.7 cm³/mol. The van der Waals surface area contributed by atoms with Crippen LogP contribution in [0.5, 0.6) is 5.75 Å². The van der Waals surface area contributed by atoms with Gasteiger partial charge in [0.2, 0.25) is 0 Å². The van der Waals surface area contributed by atoms with Crippen molar-refractivity contribution in [3.05, 3.63) is 71.7 Å². The highest BCUT2D eigenvalue weighted by molar-refractivity contribution is 5.75. The number of nitrogens with one attached hydrogen (secondary N) is 2. The number of halogens is 1. The molecule has 0 saturated heterocycles. The molecule has 2 aromatic carbocycles. The van der Waals surface area contributed by atoms with Crippen LogP contribution in [0.1, 0.15) is 11.1 Å². The third-order valence-electron chi connectivity index (χ3n) is 3.19. The second-order valence-corrected chi connectivity index (χ2v) is 4.89. The number of carbonyl (C=O) groups excluding carboxylic acids is 1. The van der Waals surface area contributed by atoms with E-state index in [1.165, 1.54) is 18.3 Å². The molecule has 0 bridgehead atoms. The summed E-state index contributed by atoms with van der Waals surface area (Å²) in [5.74, 6) is 0.513. The summed E-state index contributed by atoms with van der Waals surface area (Å²) >= 11 is 0. The number of hydrogen-bond acceptors (Lipinski definition) is 2. The fraction of sp³-hybridized carbons (Fsp3) is 0.167. The van der Waals surface area contributed by atoms with Crippen LogP contribution in [0.4, 0.5) is 9.18 Å². The highest BCUT2D eigenvalue weighted by Gasteiger charge is 1.99. The summed E-state index contributed by atoms with van der Waals surface area (Å²) in [5.41, 5.74) is 1.90. The molecule has 120 valence electrons. The van der Waals surface area contributed by atoms with Gasteiger partial charge in [-0.3, -0.25) is 0 Å². The van der Waals surface area contributed by atoms with Crippen LogP contribution in [0.25, 0.3) is 6.08 Å². The number of amides is 2. The predicted octanol–water partition coefficient (Wildman–Crippen LogP) is 3.35. The summed E-state index contributed by atoms with van der Waals surface area (Å²) in [6.07, 6.45) is 3.93. The van der Waals surface area contributed by atoms with Crippen LogP contribution >= 0.6 is 0 Å². The summed E-state index contributed by atoms with van der Waals surface area (Å²) in [5, 5.41) is 5.37. The number of hydrogen-bond donors (Lipinski definition) is 2. The average molecular weight is 314 g/mol. The maximum atomic E-state index is 12.8. The molecule has 2 N–H and O–H groups in total. The highest BCUT2D eigenvalue weighted by atomic mass is 19.1. The first-order chi connectivity index (χ1) is 11.2. The zero-order valence-corrected chi connectivity index (χ0v) is 12.9. The molecule has 4 nitrogen and oxygen atoms in total. The Kier molecular flexibility index (Phi) is 6.17. The topological polar surface area (TPSA) is 50.4 Å². The molecule has 0 spiro atoms. The van der Waals surface area contributed by atoms with Crippen molar-refractivity contribution in [2.45, 2.75) is 6.42 Å². The molecule has 0 aliphatic rings. The van der Waals surface area contributed by atoms with E-state index in [-0.39, 0.29) is 11.8 Å². The molecular formula is C18H19FN2O2. The number of urea groups is 1. The first-order valence-corrected chi connectivity index (χ1v) is 7.27. The van der Waals surface area contributed by atoms with Crippen LogP contribution in [-0.4, -0.2) is 19.7 Å². The first kappa shape index (κ1) is 16.5. The van der Waals surface area contributed by atoms with Crippen LogP contribution in [0, 0.1) is 5.82 Å². The van der Waals surface area contributed by atoms with Crippen LogP contribution in [-0.2, 0) is 6.42 Å². The van der Waals surface area contributed by atoms with Crippen molar-refractivity contribution in [2.75, 3.05) is 13.7 Å². The van der Waals surface area contributed by atoms with Gasteiger partial charge in [0, 0.05) is 12.7 Å². The zero-order valence-electron chi connectivity index (χ0n) is 12.9. The Labute approximate surface area is 135 Å². The number of carbonyl (C=O) groups is 1. The van der Waals surface area contributed by atoms with Crippen molar-refractivity contribution in [1.29, 1.82) is 0 Å². The van der Waals surface area contributed by atoms with Crippen molar-refractivity contribution in [1.82, 2.24) is 10.6 Å². The first-order valence-electron chi connectivity index (χ1n) is 7.27. The maximum absolute atomic E-state index is 12.8. The number of rotatable bonds is 6. The number of benzene rings is 2. The van der Waals surface area contributed by atoms with E-state index in [4.69, 9.17) is 4.74 Å². The lowest BCUT2D eigenvalue weighted by Crippen LogP contribution is -2.33. The van der Waals surface area contributed by atoms with Gasteiger partial charge >= 0.3 is 6.03 Å². The zero-order chi connectivity index (χ0) is 16.5. The van der Waals surface area contributed by atoms with E-state index in [1.807, 2.05) is 24.3 Å². The van der Waals surface area contributed by atoms with Crippen LogP contribution < -0.4 is 15.4 Å². The van der Waals surface area contributed by atoms with E-state index >= 15 is 0 Å². The fourth-order valence-corrected chi connectivity index (χ4v) is 1.99. The van der Waals surface area contributed by atoms with Gasteiger partial charge in [-0.1, -0.05) is 24.3 Å². The van der Waals surface area contributed by atoms with Gasteiger partial charge in [-0.2, -0.15) is 0 Å². The Morgan fingerprint density at radius 3 is 2.74 bits per heavy atom. The second kappa shape index (κ2) is 8.58. The quantitative estimate of drug-likeness (QED) is 0.859. The van der Waals surface area contributed by atoms with Crippen LogP contribution in [0.15, 0.2) is 54.7 Å². The lowest BCUT2D eigenvalue weighted by molar-refractivity contribution is 0.244. The van der Waals surface area contributed by atoms with E-state index in [9.17, 15) is 9.18 Å². The molecule has 0 aromatic heterocycles. The number of methoxy groups -OCH3 is 1. The third kappa shape index (κ3) is 5.82. The van der Waals surface area contributed by atoms with Gasteiger partial charge in [0.25, 0.3) is 0 Å². The van der Waals surface area contributed by atoms with Gasteiger partial charge in [-0.15, -0.1) is 0 Å². The largest absolute Gasteiger partial charge is 0.497 e. The van der Waals surface area contributed by atoms with E-state index in [0.29, 0.717) is 13.0 Å². The Bertz CT molecular complexity index is 669. The van der Waals surface area contributed by atoms with Gasteiger partial charge in [0.1, 0.15) is 11.6 Å². The Balaban J connectivity index is 1.71. The minimum Gasteiger partial charge on any atom is -0.497 e. The van der Waals surface area contributed by atoms with Crippen molar-refractivity contribution in [3.63, 3.8) is 0 Å². The molecule has 0 aliphatic carbocycles. The van der Waals surface area contributed by atoms with E-state index in [2.05, 4.69) is 10.6 Å². The van der Waals surface area contributed by atoms with Crippen LogP contribution in [0.2, 0.25) is 0 Å².